The Morgan fingerprint density at radius 2 is 1.79 bits per heavy atom. The number of urea groups is 1. The molecule has 1 unspecified atom stereocenters. The molecule has 2 aromatic rings. The minimum absolute atomic E-state index is 0.0225. The normalized spacial score (nSPS) is 16.8. The molecule has 6 heteroatoms. The van der Waals surface area contributed by atoms with Crippen LogP contribution in [0.15, 0.2) is 54.6 Å². The minimum atomic E-state index is -0.379. The van der Waals surface area contributed by atoms with Gasteiger partial charge in [-0.25, -0.2) is 4.79 Å². The SMILES string of the molecule is COc1ccc(C2CCCCCN2C(=O)CNC(=O)Nc2ccccc2)cc1. The van der Waals surface area contributed by atoms with Gasteiger partial charge in [0.25, 0.3) is 0 Å². The maximum atomic E-state index is 12.9. The number of rotatable bonds is 5. The molecule has 3 rings (SSSR count). The Labute approximate surface area is 165 Å². The molecule has 1 saturated heterocycles. The molecule has 0 spiro atoms. The van der Waals surface area contributed by atoms with Crippen LogP contribution in [0.2, 0.25) is 0 Å². The van der Waals surface area contributed by atoms with Crippen molar-refractivity contribution in [3.8, 4) is 5.75 Å². The second kappa shape index (κ2) is 9.78. The van der Waals surface area contributed by atoms with Crippen LogP contribution in [0.5, 0.6) is 5.75 Å². The van der Waals surface area contributed by atoms with E-state index in [9.17, 15) is 9.59 Å². The summed E-state index contributed by atoms with van der Waals surface area (Å²) in [4.78, 5) is 26.9. The van der Waals surface area contributed by atoms with Crippen molar-refractivity contribution in [1.82, 2.24) is 10.2 Å². The predicted molar refractivity (Wildman–Crippen MR) is 109 cm³/mol. The smallest absolute Gasteiger partial charge is 0.319 e. The van der Waals surface area contributed by atoms with Crippen LogP contribution in [-0.2, 0) is 4.79 Å². The number of ether oxygens (including phenoxy) is 1. The number of methoxy groups -OCH3 is 1. The van der Waals surface area contributed by atoms with E-state index in [0.29, 0.717) is 12.2 Å². The van der Waals surface area contributed by atoms with Gasteiger partial charge in [-0.3, -0.25) is 4.79 Å². The Hall–Kier alpha value is -3.02. The van der Waals surface area contributed by atoms with Crippen molar-refractivity contribution in [2.75, 3.05) is 25.5 Å². The maximum absolute atomic E-state index is 12.9. The van der Waals surface area contributed by atoms with E-state index in [1.807, 2.05) is 47.4 Å². The lowest BCUT2D eigenvalue weighted by atomic mass is 10.0. The summed E-state index contributed by atoms with van der Waals surface area (Å²) < 4.78 is 5.23. The molecule has 1 heterocycles. The second-order valence-electron chi connectivity index (χ2n) is 6.90. The van der Waals surface area contributed by atoms with Gasteiger partial charge < -0.3 is 20.3 Å². The monoisotopic (exact) mass is 381 g/mol. The molecule has 1 aliphatic heterocycles. The average molecular weight is 381 g/mol. The van der Waals surface area contributed by atoms with Crippen LogP contribution in [0, 0.1) is 0 Å². The molecule has 0 aromatic heterocycles. The van der Waals surface area contributed by atoms with E-state index < -0.39 is 0 Å². The van der Waals surface area contributed by atoms with E-state index in [-0.39, 0.29) is 24.5 Å². The highest BCUT2D eigenvalue weighted by Crippen LogP contribution is 2.31. The van der Waals surface area contributed by atoms with Crippen molar-refractivity contribution in [2.45, 2.75) is 31.7 Å². The standard InChI is InChI=1S/C22H27N3O3/c1-28-19-13-11-17(12-14-19)20-10-6-3-7-15-25(20)21(26)16-23-22(27)24-18-8-4-2-5-9-18/h2,4-5,8-9,11-14,20H,3,6-7,10,15-16H2,1H3,(H2,23,24,27). The molecule has 6 nitrogen and oxygen atoms in total. The topological polar surface area (TPSA) is 70.7 Å². The number of nitrogens with one attached hydrogen (secondary N) is 2. The summed E-state index contributed by atoms with van der Waals surface area (Å²) in [5.74, 6) is 0.737. The minimum Gasteiger partial charge on any atom is -0.497 e. The summed E-state index contributed by atoms with van der Waals surface area (Å²) in [5.41, 5.74) is 1.79. The van der Waals surface area contributed by atoms with Gasteiger partial charge in [-0.05, 0) is 42.7 Å². The molecule has 28 heavy (non-hydrogen) atoms. The van der Waals surface area contributed by atoms with E-state index in [2.05, 4.69) is 10.6 Å². The second-order valence-corrected chi connectivity index (χ2v) is 6.90. The fourth-order valence-electron chi connectivity index (χ4n) is 3.53. The molecule has 2 aromatic carbocycles. The van der Waals surface area contributed by atoms with Crippen molar-refractivity contribution in [1.29, 1.82) is 0 Å². The van der Waals surface area contributed by atoms with E-state index in [4.69, 9.17) is 4.74 Å². The number of likely N-dealkylation sites (tertiary alicyclic amines) is 1. The lowest BCUT2D eigenvalue weighted by Crippen LogP contribution is -2.43. The first-order valence-electron chi connectivity index (χ1n) is 9.70. The Bertz CT molecular complexity index is 777. The molecule has 0 bridgehead atoms. The van der Waals surface area contributed by atoms with Gasteiger partial charge in [-0.1, -0.05) is 43.2 Å². The third-order valence-corrected chi connectivity index (χ3v) is 5.01. The first-order chi connectivity index (χ1) is 13.7. The van der Waals surface area contributed by atoms with Crippen LogP contribution in [0.4, 0.5) is 10.5 Å². The molecule has 0 aliphatic carbocycles. The average Bonchev–Trinajstić information content (AvgIpc) is 2.99. The van der Waals surface area contributed by atoms with Crippen LogP contribution in [0.3, 0.4) is 0 Å². The van der Waals surface area contributed by atoms with Crippen molar-refractivity contribution in [2.24, 2.45) is 0 Å². The molecule has 1 atom stereocenters. The Morgan fingerprint density at radius 3 is 2.50 bits per heavy atom. The van der Waals surface area contributed by atoms with E-state index in [1.165, 1.54) is 0 Å². The number of para-hydroxylation sites is 1. The summed E-state index contributed by atoms with van der Waals surface area (Å²) in [5, 5.41) is 5.41. The van der Waals surface area contributed by atoms with Gasteiger partial charge in [0.1, 0.15) is 5.75 Å². The molecule has 2 N–H and O–H groups in total. The largest absolute Gasteiger partial charge is 0.497 e. The van der Waals surface area contributed by atoms with Crippen LogP contribution >= 0.6 is 0 Å². The third-order valence-electron chi connectivity index (χ3n) is 5.01. The summed E-state index contributed by atoms with van der Waals surface area (Å²) in [7, 11) is 1.64. The molecule has 1 aliphatic rings. The van der Waals surface area contributed by atoms with E-state index >= 15 is 0 Å². The maximum Gasteiger partial charge on any atom is 0.319 e. The van der Waals surface area contributed by atoms with Crippen LogP contribution in [0.1, 0.15) is 37.3 Å². The number of anilines is 1. The zero-order valence-corrected chi connectivity index (χ0v) is 16.2. The molecule has 0 saturated carbocycles. The molecular weight excluding hydrogens is 354 g/mol. The number of carbonyl (C=O) groups excluding carboxylic acids is 2. The van der Waals surface area contributed by atoms with E-state index in [1.54, 1.807) is 19.2 Å². The van der Waals surface area contributed by atoms with Gasteiger partial charge in [0, 0.05) is 12.2 Å². The van der Waals surface area contributed by atoms with Crippen LogP contribution < -0.4 is 15.4 Å². The zero-order valence-electron chi connectivity index (χ0n) is 16.2. The van der Waals surface area contributed by atoms with Crippen LogP contribution in [0.25, 0.3) is 0 Å². The Balaban J connectivity index is 1.62. The van der Waals surface area contributed by atoms with Gasteiger partial charge in [0.2, 0.25) is 5.91 Å². The number of amides is 3. The molecule has 0 radical (unpaired) electrons. The first kappa shape index (κ1) is 19.7. The van der Waals surface area contributed by atoms with Gasteiger partial charge in [0.15, 0.2) is 0 Å². The lowest BCUT2D eigenvalue weighted by Gasteiger charge is -2.30. The summed E-state index contributed by atoms with van der Waals surface area (Å²) >= 11 is 0. The fraction of sp³-hybridized carbons (Fsp3) is 0.364. The van der Waals surface area contributed by atoms with Crippen molar-refractivity contribution >= 4 is 17.6 Å². The molecule has 148 valence electrons. The highest BCUT2D eigenvalue weighted by Gasteiger charge is 2.26. The number of nitrogens with zero attached hydrogens (tertiary/aromatic N) is 1. The first-order valence-corrected chi connectivity index (χ1v) is 9.70. The molecule has 1 fully saturated rings. The molecular formula is C22H27N3O3. The summed E-state index contributed by atoms with van der Waals surface area (Å²) in [6.45, 7) is 0.683. The van der Waals surface area contributed by atoms with Crippen LogP contribution in [-0.4, -0.2) is 37.0 Å². The fourth-order valence-corrected chi connectivity index (χ4v) is 3.53. The van der Waals surface area contributed by atoms with Gasteiger partial charge >= 0.3 is 6.03 Å². The number of hydrogen-bond donors (Lipinski definition) is 2. The third kappa shape index (κ3) is 5.25. The Kier molecular flexibility index (Phi) is 6.89. The lowest BCUT2D eigenvalue weighted by molar-refractivity contribution is -0.132. The quantitative estimate of drug-likeness (QED) is 0.824. The highest BCUT2D eigenvalue weighted by molar-refractivity contribution is 5.92. The number of carbonyl (C=O) groups is 2. The van der Waals surface area contributed by atoms with Crippen molar-refractivity contribution in [3.05, 3.63) is 60.2 Å². The highest BCUT2D eigenvalue weighted by atomic mass is 16.5. The summed E-state index contributed by atoms with van der Waals surface area (Å²) in [6, 6.07) is 16.7. The summed E-state index contributed by atoms with van der Waals surface area (Å²) in [6.07, 6.45) is 4.10. The van der Waals surface area contributed by atoms with E-state index in [0.717, 1.165) is 37.0 Å². The Morgan fingerprint density at radius 1 is 1.04 bits per heavy atom. The molecule has 3 amide bonds. The predicted octanol–water partition coefficient (Wildman–Crippen LogP) is 3.96. The zero-order chi connectivity index (χ0) is 19.8. The van der Waals surface area contributed by atoms with Gasteiger partial charge in [0.05, 0.1) is 19.7 Å². The van der Waals surface area contributed by atoms with Crippen molar-refractivity contribution in [3.63, 3.8) is 0 Å². The van der Waals surface area contributed by atoms with Gasteiger partial charge in [-0.15, -0.1) is 0 Å². The number of hydrogen-bond acceptors (Lipinski definition) is 3. The van der Waals surface area contributed by atoms with Gasteiger partial charge in [-0.2, -0.15) is 0 Å². The number of benzene rings is 2. The van der Waals surface area contributed by atoms with Crippen molar-refractivity contribution < 1.29 is 14.3 Å².